The molecule has 5 nitrogen and oxygen atoms in total. The molecule has 0 unspecified atom stereocenters. The molecule has 1 saturated carbocycles. The zero-order valence-electron chi connectivity index (χ0n) is 12.9. The highest BCUT2D eigenvalue weighted by atomic mass is 35.5. The molecule has 0 bridgehead atoms. The van der Waals surface area contributed by atoms with Gasteiger partial charge in [0.1, 0.15) is 11.6 Å². The first kappa shape index (κ1) is 19.5. The lowest BCUT2D eigenvalue weighted by Gasteiger charge is -2.14. The summed E-state index contributed by atoms with van der Waals surface area (Å²) in [5.74, 6) is 1.52. The monoisotopic (exact) mass is 356 g/mol. The van der Waals surface area contributed by atoms with E-state index in [0.29, 0.717) is 17.4 Å². The number of para-hydroxylation sites is 1. The van der Waals surface area contributed by atoms with E-state index in [0.717, 1.165) is 30.8 Å². The van der Waals surface area contributed by atoms with Crippen LogP contribution in [0.3, 0.4) is 0 Å². The fraction of sp³-hybridized carbons (Fsp3) is 0.375. The second-order valence-electron chi connectivity index (χ2n) is 5.65. The number of nitrogens with two attached hydrogens (primary N) is 1. The molecule has 2 atom stereocenters. The minimum absolute atomic E-state index is 0. The second-order valence-corrected chi connectivity index (χ2v) is 5.65. The zero-order valence-corrected chi connectivity index (χ0v) is 14.5. The average Bonchev–Trinajstić information content (AvgIpc) is 2.84. The molecular weight excluding hydrogens is 335 g/mol. The van der Waals surface area contributed by atoms with Crippen molar-refractivity contribution in [2.45, 2.75) is 38.3 Å². The fourth-order valence-electron chi connectivity index (χ4n) is 2.78. The maximum atomic E-state index is 9.95. The number of hydrogen-bond donors (Lipinski definition) is 3. The lowest BCUT2D eigenvalue weighted by molar-refractivity contribution is 0.477. The number of hydrogen-bond acceptors (Lipinski definition) is 5. The third-order valence-electron chi connectivity index (χ3n) is 3.82. The number of nitrogens with zero attached hydrogens (tertiary/aromatic N) is 2. The minimum atomic E-state index is 0. The lowest BCUT2D eigenvalue weighted by Crippen LogP contribution is -2.21. The van der Waals surface area contributed by atoms with E-state index in [1.165, 1.54) is 0 Å². The second kappa shape index (κ2) is 8.34. The third-order valence-corrected chi connectivity index (χ3v) is 3.82. The Kier molecular flexibility index (Phi) is 7.06. The predicted octanol–water partition coefficient (Wildman–Crippen LogP) is 3.29. The molecule has 2 aromatic rings. The van der Waals surface area contributed by atoms with Gasteiger partial charge in [-0.3, -0.25) is 0 Å². The van der Waals surface area contributed by atoms with Crippen LogP contribution in [0.15, 0.2) is 30.3 Å². The maximum Gasteiger partial charge on any atom is 0.165 e. The van der Waals surface area contributed by atoms with E-state index in [1.807, 2.05) is 25.1 Å². The van der Waals surface area contributed by atoms with Gasteiger partial charge in [0.25, 0.3) is 0 Å². The van der Waals surface area contributed by atoms with Crippen LogP contribution in [0, 0.1) is 6.92 Å². The smallest absolute Gasteiger partial charge is 0.165 e. The SMILES string of the molecule is Cc1cc(N[C@@H]2CC[C@@H](N)C2)nc(-c2ccccc2O)n1.Cl.Cl. The van der Waals surface area contributed by atoms with Crippen LogP contribution in [0.1, 0.15) is 25.0 Å². The van der Waals surface area contributed by atoms with Crippen molar-refractivity contribution in [2.24, 2.45) is 5.73 Å². The number of anilines is 1. The van der Waals surface area contributed by atoms with Crippen LogP contribution >= 0.6 is 24.8 Å². The Morgan fingerprint density at radius 1 is 1.17 bits per heavy atom. The quantitative estimate of drug-likeness (QED) is 0.785. The van der Waals surface area contributed by atoms with Crippen LogP contribution in [-0.2, 0) is 0 Å². The van der Waals surface area contributed by atoms with Crippen LogP contribution in [0.5, 0.6) is 5.75 Å². The normalized spacial score (nSPS) is 19.6. The van der Waals surface area contributed by atoms with Crippen LogP contribution in [0.25, 0.3) is 11.4 Å². The van der Waals surface area contributed by atoms with Gasteiger partial charge in [-0.1, -0.05) is 12.1 Å². The molecule has 23 heavy (non-hydrogen) atoms. The van der Waals surface area contributed by atoms with E-state index in [4.69, 9.17) is 5.73 Å². The molecule has 0 amide bonds. The van der Waals surface area contributed by atoms with Gasteiger partial charge in [-0.25, -0.2) is 9.97 Å². The van der Waals surface area contributed by atoms with Gasteiger partial charge in [0.05, 0.1) is 5.56 Å². The Labute approximate surface area is 148 Å². The van der Waals surface area contributed by atoms with Crippen molar-refractivity contribution in [1.82, 2.24) is 9.97 Å². The van der Waals surface area contributed by atoms with Crippen molar-refractivity contribution >= 4 is 30.6 Å². The van der Waals surface area contributed by atoms with E-state index in [2.05, 4.69) is 15.3 Å². The molecule has 7 heteroatoms. The third kappa shape index (κ3) is 4.70. The minimum Gasteiger partial charge on any atom is -0.507 e. The van der Waals surface area contributed by atoms with Crippen molar-refractivity contribution in [2.75, 3.05) is 5.32 Å². The first-order valence-electron chi connectivity index (χ1n) is 7.28. The molecule has 3 rings (SSSR count). The average molecular weight is 357 g/mol. The van der Waals surface area contributed by atoms with Gasteiger partial charge in [0.2, 0.25) is 0 Å². The number of aryl methyl sites for hydroxylation is 1. The standard InChI is InChI=1S/C16H20N4O.2ClH/c1-10-8-15(19-12-7-6-11(17)9-12)20-16(18-10)13-4-2-3-5-14(13)21;;/h2-5,8,11-12,21H,6-7,9,17H2,1H3,(H,18,19,20);2*1H/t11-,12-;;/m1../s1. The van der Waals surface area contributed by atoms with E-state index in [-0.39, 0.29) is 36.6 Å². The molecule has 1 aromatic carbocycles. The first-order chi connectivity index (χ1) is 10.1. The Balaban J connectivity index is 0.00000132. The van der Waals surface area contributed by atoms with Crippen molar-refractivity contribution in [3.8, 4) is 17.1 Å². The zero-order chi connectivity index (χ0) is 14.8. The lowest BCUT2D eigenvalue weighted by atomic mass is 10.2. The highest BCUT2D eigenvalue weighted by molar-refractivity contribution is 5.85. The van der Waals surface area contributed by atoms with E-state index < -0.39 is 0 Å². The number of benzene rings is 1. The Morgan fingerprint density at radius 3 is 2.57 bits per heavy atom. The number of aromatic hydroxyl groups is 1. The summed E-state index contributed by atoms with van der Waals surface area (Å²) in [5.41, 5.74) is 7.46. The summed E-state index contributed by atoms with van der Waals surface area (Å²) in [6.07, 6.45) is 3.08. The molecule has 0 saturated heterocycles. The van der Waals surface area contributed by atoms with Crippen molar-refractivity contribution in [1.29, 1.82) is 0 Å². The summed E-state index contributed by atoms with van der Waals surface area (Å²) in [4.78, 5) is 8.95. The number of halogens is 2. The van der Waals surface area contributed by atoms with Gasteiger partial charge in [0, 0.05) is 23.8 Å². The highest BCUT2D eigenvalue weighted by Crippen LogP contribution is 2.28. The molecule has 1 aromatic heterocycles. The van der Waals surface area contributed by atoms with Crippen LogP contribution in [-0.4, -0.2) is 27.2 Å². The Morgan fingerprint density at radius 2 is 1.91 bits per heavy atom. The van der Waals surface area contributed by atoms with Crippen molar-refractivity contribution < 1.29 is 5.11 Å². The predicted molar refractivity (Wildman–Crippen MR) is 97.6 cm³/mol. The summed E-state index contributed by atoms with van der Waals surface area (Å²) in [6.45, 7) is 1.93. The molecule has 1 heterocycles. The number of aromatic nitrogens is 2. The molecule has 0 radical (unpaired) electrons. The molecule has 1 fully saturated rings. The van der Waals surface area contributed by atoms with Crippen molar-refractivity contribution in [3.63, 3.8) is 0 Å². The number of rotatable bonds is 3. The summed E-state index contributed by atoms with van der Waals surface area (Å²) < 4.78 is 0. The molecule has 1 aliphatic rings. The number of phenols is 1. The maximum absolute atomic E-state index is 9.95. The molecule has 0 spiro atoms. The fourth-order valence-corrected chi connectivity index (χ4v) is 2.78. The summed E-state index contributed by atoms with van der Waals surface area (Å²) in [5, 5.41) is 13.4. The van der Waals surface area contributed by atoms with Gasteiger partial charge in [0.15, 0.2) is 5.82 Å². The van der Waals surface area contributed by atoms with Crippen LogP contribution < -0.4 is 11.1 Å². The van der Waals surface area contributed by atoms with Crippen LogP contribution in [0.4, 0.5) is 5.82 Å². The van der Waals surface area contributed by atoms with Gasteiger partial charge >= 0.3 is 0 Å². The Hall–Kier alpha value is -1.56. The topological polar surface area (TPSA) is 84.1 Å². The molecule has 4 N–H and O–H groups in total. The highest BCUT2D eigenvalue weighted by Gasteiger charge is 2.22. The number of nitrogens with one attached hydrogen (secondary N) is 1. The van der Waals surface area contributed by atoms with Gasteiger partial charge in [-0.15, -0.1) is 24.8 Å². The van der Waals surface area contributed by atoms with E-state index in [1.54, 1.807) is 12.1 Å². The molecule has 126 valence electrons. The molecular formula is C16H22Cl2N4O. The van der Waals surface area contributed by atoms with E-state index >= 15 is 0 Å². The summed E-state index contributed by atoms with van der Waals surface area (Å²) in [7, 11) is 0. The van der Waals surface area contributed by atoms with Crippen LogP contribution in [0.2, 0.25) is 0 Å². The van der Waals surface area contributed by atoms with Gasteiger partial charge < -0.3 is 16.2 Å². The number of phenolic OH excluding ortho intramolecular Hbond substituents is 1. The van der Waals surface area contributed by atoms with E-state index in [9.17, 15) is 5.11 Å². The summed E-state index contributed by atoms with van der Waals surface area (Å²) >= 11 is 0. The molecule has 1 aliphatic carbocycles. The Bertz CT molecular complexity index is 654. The molecule has 0 aliphatic heterocycles. The largest absolute Gasteiger partial charge is 0.507 e. The van der Waals surface area contributed by atoms with Crippen molar-refractivity contribution in [3.05, 3.63) is 36.0 Å². The van der Waals surface area contributed by atoms with Gasteiger partial charge in [-0.2, -0.15) is 0 Å². The summed E-state index contributed by atoms with van der Waals surface area (Å²) in [6, 6.07) is 9.68. The van der Waals surface area contributed by atoms with Gasteiger partial charge in [-0.05, 0) is 38.3 Å². The first-order valence-corrected chi connectivity index (χ1v) is 7.28.